The molecule has 3 aromatic rings. The van der Waals surface area contributed by atoms with E-state index in [4.69, 9.17) is 21.3 Å². The predicted molar refractivity (Wildman–Crippen MR) is 107 cm³/mol. The zero-order valence-electron chi connectivity index (χ0n) is 15.6. The molecular formula is C20H22ClN5O. The Morgan fingerprint density at radius 2 is 1.78 bits per heavy atom. The first-order valence-electron chi connectivity index (χ1n) is 9.02. The molecule has 0 N–H and O–H groups in total. The van der Waals surface area contributed by atoms with Crippen LogP contribution in [-0.4, -0.2) is 44.8 Å². The Morgan fingerprint density at radius 3 is 2.41 bits per heavy atom. The molecule has 7 heteroatoms. The van der Waals surface area contributed by atoms with Crippen molar-refractivity contribution in [3.8, 4) is 22.6 Å². The molecule has 1 aromatic carbocycles. The molecule has 0 amide bonds. The van der Waals surface area contributed by atoms with Gasteiger partial charge in [0.1, 0.15) is 5.69 Å². The fourth-order valence-electron chi connectivity index (χ4n) is 3.47. The molecule has 2 unspecified atom stereocenters. The van der Waals surface area contributed by atoms with Crippen LogP contribution < -0.4 is 4.90 Å². The molecule has 2 aromatic heterocycles. The quantitative estimate of drug-likeness (QED) is 0.688. The van der Waals surface area contributed by atoms with Gasteiger partial charge in [-0.15, -0.1) is 0 Å². The summed E-state index contributed by atoms with van der Waals surface area (Å²) in [4.78, 5) is 16.3. The number of morpholine rings is 1. The summed E-state index contributed by atoms with van der Waals surface area (Å²) in [6, 6.07) is 7.70. The lowest BCUT2D eigenvalue weighted by Gasteiger charge is -2.35. The molecule has 0 bridgehead atoms. The number of hydrogen-bond donors (Lipinski definition) is 0. The Bertz CT molecular complexity index is 930. The van der Waals surface area contributed by atoms with Crippen LogP contribution >= 0.6 is 11.6 Å². The number of aromatic nitrogens is 4. The number of benzene rings is 1. The van der Waals surface area contributed by atoms with Crippen molar-refractivity contribution in [2.75, 3.05) is 18.0 Å². The van der Waals surface area contributed by atoms with E-state index in [9.17, 15) is 0 Å². The molecule has 6 nitrogen and oxygen atoms in total. The van der Waals surface area contributed by atoms with E-state index >= 15 is 0 Å². The van der Waals surface area contributed by atoms with E-state index in [0.717, 1.165) is 35.7 Å². The van der Waals surface area contributed by atoms with Gasteiger partial charge in [0.05, 0.1) is 12.2 Å². The van der Waals surface area contributed by atoms with Gasteiger partial charge < -0.3 is 14.2 Å². The van der Waals surface area contributed by atoms with Crippen LogP contribution in [0, 0.1) is 0 Å². The normalized spacial score (nSPS) is 20.1. The topological polar surface area (TPSA) is 56.1 Å². The van der Waals surface area contributed by atoms with E-state index < -0.39 is 0 Å². The fraction of sp³-hybridized carbons (Fsp3) is 0.350. The van der Waals surface area contributed by atoms with Crippen LogP contribution in [0.25, 0.3) is 22.6 Å². The van der Waals surface area contributed by atoms with Crippen molar-refractivity contribution < 1.29 is 4.74 Å². The van der Waals surface area contributed by atoms with Crippen LogP contribution in [0.1, 0.15) is 13.8 Å². The van der Waals surface area contributed by atoms with Crippen molar-refractivity contribution in [2.45, 2.75) is 26.1 Å². The molecule has 140 valence electrons. The minimum atomic E-state index is 0.143. The second kappa shape index (κ2) is 7.29. The van der Waals surface area contributed by atoms with Gasteiger partial charge in [0.2, 0.25) is 5.95 Å². The molecule has 27 heavy (non-hydrogen) atoms. The van der Waals surface area contributed by atoms with Crippen LogP contribution in [0.3, 0.4) is 0 Å². The van der Waals surface area contributed by atoms with Crippen molar-refractivity contribution in [3.63, 3.8) is 0 Å². The summed E-state index contributed by atoms with van der Waals surface area (Å²) < 4.78 is 7.81. The highest BCUT2D eigenvalue weighted by atomic mass is 35.5. The number of hydrogen-bond acceptors (Lipinski definition) is 5. The summed E-state index contributed by atoms with van der Waals surface area (Å²) in [6.07, 6.45) is 5.86. The number of aryl methyl sites for hydroxylation is 1. The van der Waals surface area contributed by atoms with E-state index in [1.165, 1.54) is 0 Å². The first-order valence-corrected chi connectivity index (χ1v) is 9.40. The smallest absolute Gasteiger partial charge is 0.226 e. The second-order valence-electron chi connectivity index (χ2n) is 6.96. The lowest BCUT2D eigenvalue weighted by molar-refractivity contribution is -0.00571. The third-order valence-corrected chi connectivity index (χ3v) is 4.92. The standard InChI is InChI=1S/C20H22ClN5O/c1-13-11-26(12-14(2)27-13)20-23-10-17(15-4-6-16(21)7-5-15)18(24-20)19-22-8-9-25(19)3/h4-10,13-14H,11-12H2,1-3H3. The predicted octanol–water partition coefficient (Wildman–Crippen LogP) is 3.81. The molecule has 1 fully saturated rings. The largest absolute Gasteiger partial charge is 0.372 e. The van der Waals surface area contributed by atoms with Gasteiger partial charge in [-0.05, 0) is 31.5 Å². The molecule has 1 aliphatic heterocycles. The van der Waals surface area contributed by atoms with E-state index in [-0.39, 0.29) is 12.2 Å². The molecule has 0 spiro atoms. The molecule has 0 radical (unpaired) electrons. The minimum absolute atomic E-state index is 0.143. The number of halogens is 1. The van der Waals surface area contributed by atoms with E-state index in [0.29, 0.717) is 11.0 Å². The third kappa shape index (κ3) is 3.68. The Morgan fingerprint density at radius 1 is 1.07 bits per heavy atom. The van der Waals surface area contributed by atoms with Crippen molar-refractivity contribution in [1.82, 2.24) is 19.5 Å². The number of imidazole rings is 1. The van der Waals surface area contributed by atoms with Gasteiger partial charge in [0.25, 0.3) is 0 Å². The monoisotopic (exact) mass is 383 g/mol. The molecule has 4 rings (SSSR count). The number of nitrogens with zero attached hydrogens (tertiary/aromatic N) is 5. The Labute approximate surface area is 163 Å². The van der Waals surface area contributed by atoms with Gasteiger partial charge in [-0.2, -0.15) is 0 Å². The average molecular weight is 384 g/mol. The maximum absolute atomic E-state index is 6.05. The van der Waals surface area contributed by atoms with Crippen LogP contribution in [0.4, 0.5) is 5.95 Å². The summed E-state index contributed by atoms with van der Waals surface area (Å²) in [6.45, 7) is 5.68. The Balaban J connectivity index is 1.81. The van der Waals surface area contributed by atoms with Crippen LogP contribution in [0.15, 0.2) is 42.9 Å². The molecule has 0 saturated carbocycles. The lowest BCUT2D eigenvalue weighted by Crippen LogP contribution is -2.46. The average Bonchev–Trinajstić information content (AvgIpc) is 3.07. The van der Waals surface area contributed by atoms with Gasteiger partial charge in [0, 0.05) is 49.3 Å². The van der Waals surface area contributed by atoms with Crippen LogP contribution in [0.5, 0.6) is 0 Å². The van der Waals surface area contributed by atoms with Gasteiger partial charge in [0.15, 0.2) is 5.82 Å². The molecule has 1 saturated heterocycles. The molecule has 1 aliphatic rings. The van der Waals surface area contributed by atoms with Gasteiger partial charge in [-0.1, -0.05) is 23.7 Å². The van der Waals surface area contributed by atoms with E-state index in [1.807, 2.05) is 48.3 Å². The summed E-state index contributed by atoms with van der Waals surface area (Å²) in [5.41, 5.74) is 2.74. The first-order chi connectivity index (χ1) is 13.0. The summed E-state index contributed by atoms with van der Waals surface area (Å²) >= 11 is 6.05. The Hall–Kier alpha value is -2.44. The highest BCUT2D eigenvalue weighted by Gasteiger charge is 2.25. The van der Waals surface area contributed by atoms with Crippen molar-refractivity contribution in [2.24, 2.45) is 7.05 Å². The van der Waals surface area contributed by atoms with Gasteiger partial charge >= 0.3 is 0 Å². The summed E-state index contributed by atoms with van der Waals surface area (Å²) in [7, 11) is 1.97. The molecule has 2 atom stereocenters. The zero-order chi connectivity index (χ0) is 19.0. The van der Waals surface area contributed by atoms with Crippen LogP contribution in [0.2, 0.25) is 5.02 Å². The molecular weight excluding hydrogens is 362 g/mol. The first kappa shape index (κ1) is 17.9. The highest BCUT2D eigenvalue weighted by Crippen LogP contribution is 2.31. The minimum Gasteiger partial charge on any atom is -0.372 e. The Kier molecular flexibility index (Phi) is 4.85. The molecule has 3 heterocycles. The van der Waals surface area contributed by atoms with E-state index in [2.05, 4.69) is 28.7 Å². The van der Waals surface area contributed by atoms with Crippen molar-refractivity contribution >= 4 is 17.5 Å². The third-order valence-electron chi connectivity index (χ3n) is 4.67. The van der Waals surface area contributed by atoms with Gasteiger partial charge in [-0.25, -0.2) is 15.0 Å². The van der Waals surface area contributed by atoms with Gasteiger partial charge in [-0.3, -0.25) is 0 Å². The summed E-state index contributed by atoms with van der Waals surface area (Å²) in [5, 5.41) is 0.700. The summed E-state index contributed by atoms with van der Waals surface area (Å²) in [5.74, 6) is 1.51. The number of ether oxygens (including phenoxy) is 1. The van der Waals surface area contributed by atoms with Crippen LogP contribution in [-0.2, 0) is 11.8 Å². The number of rotatable bonds is 3. The van der Waals surface area contributed by atoms with Crippen molar-refractivity contribution in [1.29, 1.82) is 0 Å². The number of anilines is 1. The molecule has 0 aliphatic carbocycles. The van der Waals surface area contributed by atoms with E-state index in [1.54, 1.807) is 6.20 Å². The lowest BCUT2D eigenvalue weighted by atomic mass is 10.1. The maximum Gasteiger partial charge on any atom is 0.226 e. The maximum atomic E-state index is 6.05. The highest BCUT2D eigenvalue weighted by molar-refractivity contribution is 6.30. The second-order valence-corrected chi connectivity index (χ2v) is 7.40. The van der Waals surface area contributed by atoms with Crippen molar-refractivity contribution in [3.05, 3.63) is 47.9 Å². The zero-order valence-corrected chi connectivity index (χ0v) is 16.4. The SMILES string of the molecule is CC1CN(c2ncc(-c3ccc(Cl)cc3)c(-c3nccn3C)n2)CC(C)O1. The fourth-order valence-corrected chi connectivity index (χ4v) is 3.60.